The van der Waals surface area contributed by atoms with Gasteiger partial charge in [0.05, 0.1) is 12.8 Å². The second kappa shape index (κ2) is 8.52. The van der Waals surface area contributed by atoms with Gasteiger partial charge in [0.15, 0.2) is 0 Å². The zero-order valence-electron chi connectivity index (χ0n) is 15.8. The quantitative estimate of drug-likeness (QED) is 0.490. The van der Waals surface area contributed by atoms with Crippen LogP contribution in [0.1, 0.15) is 36.6 Å². The third-order valence-electron chi connectivity index (χ3n) is 4.50. The van der Waals surface area contributed by atoms with E-state index in [1.54, 1.807) is 7.11 Å². The van der Waals surface area contributed by atoms with Crippen LogP contribution in [0.25, 0.3) is 5.69 Å². The predicted molar refractivity (Wildman–Crippen MR) is 109 cm³/mol. The van der Waals surface area contributed by atoms with E-state index < -0.39 is 0 Å². The number of benzene rings is 2. The molecule has 0 fully saturated rings. The van der Waals surface area contributed by atoms with E-state index in [1.807, 2.05) is 18.3 Å². The topological polar surface area (TPSA) is 26.5 Å². The monoisotopic (exact) mass is 346 g/mol. The molecule has 0 spiro atoms. The standard InChI is InChI=1S/C23H26N2O/c1-4-5-6-19-7-9-21(10-8-19)24-16-20-15-18(2)25(17-20)22-11-13-23(26-3)14-12-22/h7-17H,4-6H2,1-3H3. The van der Waals surface area contributed by atoms with Crippen LogP contribution >= 0.6 is 0 Å². The van der Waals surface area contributed by atoms with Crippen LogP contribution in [0.4, 0.5) is 5.69 Å². The molecule has 0 bridgehead atoms. The summed E-state index contributed by atoms with van der Waals surface area (Å²) >= 11 is 0. The molecular formula is C23H26N2O. The molecule has 0 aliphatic heterocycles. The molecule has 0 aliphatic carbocycles. The Kier molecular flexibility index (Phi) is 5.90. The van der Waals surface area contributed by atoms with Gasteiger partial charge in [-0.25, -0.2) is 0 Å². The average molecular weight is 346 g/mol. The lowest BCUT2D eigenvalue weighted by Gasteiger charge is -2.06. The maximum atomic E-state index is 5.23. The molecule has 0 atom stereocenters. The lowest BCUT2D eigenvalue weighted by Crippen LogP contribution is -1.94. The second-order valence-corrected chi connectivity index (χ2v) is 6.51. The summed E-state index contributed by atoms with van der Waals surface area (Å²) in [5.74, 6) is 0.864. The maximum Gasteiger partial charge on any atom is 0.119 e. The Balaban J connectivity index is 1.73. The van der Waals surface area contributed by atoms with E-state index in [1.165, 1.54) is 24.1 Å². The summed E-state index contributed by atoms with van der Waals surface area (Å²) in [5.41, 5.74) is 5.75. The van der Waals surface area contributed by atoms with Gasteiger partial charge in [-0.15, -0.1) is 0 Å². The van der Waals surface area contributed by atoms with Crippen LogP contribution in [0.15, 0.2) is 65.8 Å². The molecule has 1 heterocycles. The highest BCUT2D eigenvalue weighted by molar-refractivity contribution is 5.82. The number of aliphatic imine (C=N–C) groups is 1. The Morgan fingerprint density at radius 2 is 1.77 bits per heavy atom. The van der Waals surface area contributed by atoms with E-state index in [4.69, 9.17) is 4.74 Å². The summed E-state index contributed by atoms with van der Waals surface area (Å²) < 4.78 is 7.39. The molecule has 3 rings (SSSR count). The molecule has 0 saturated heterocycles. The molecule has 0 N–H and O–H groups in total. The summed E-state index contributed by atoms with van der Waals surface area (Å²) in [5, 5.41) is 0. The largest absolute Gasteiger partial charge is 0.497 e. The Morgan fingerprint density at radius 1 is 1.04 bits per heavy atom. The minimum atomic E-state index is 0.864. The van der Waals surface area contributed by atoms with Crippen molar-refractivity contribution in [1.82, 2.24) is 4.57 Å². The zero-order valence-corrected chi connectivity index (χ0v) is 15.8. The van der Waals surface area contributed by atoms with Gasteiger partial charge < -0.3 is 9.30 Å². The lowest BCUT2D eigenvalue weighted by molar-refractivity contribution is 0.414. The third kappa shape index (κ3) is 4.42. The van der Waals surface area contributed by atoms with Gasteiger partial charge in [-0.3, -0.25) is 4.99 Å². The number of methoxy groups -OCH3 is 1. The van der Waals surface area contributed by atoms with Crippen LogP contribution in [-0.2, 0) is 6.42 Å². The fourth-order valence-electron chi connectivity index (χ4n) is 2.97. The van der Waals surface area contributed by atoms with Crippen molar-refractivity contribution in [2.45, 2.75) is 33.1 Å². The Labute approximate surface area is 156 Å². The Morgan fingerprint density at radius 3 is 2.42 bits per heavy atom. The first-order valence-electron chi connectivity index (χ1n) is 9.16. The van der Waals surface area contributed by atoms with Gasteiger partial charge in [-0.2, -0.15) is 0 Å². The smallest absolute Gasteiger partial charge is 0.119 e. The number of ether oxygens (including phenoxy) is 1. The number of aromatic nitrogens is 1. The van der Waals surface area contributed by atoms with Crippen molar-refractivity contribution >= 4 is 11.9 Å². The molecule has 26 heavy (non-hydrogen) atoms. The van der Waals surface area contributed by atoms with E-state index in [9.17, 15) is 0 Å². The zero-order chi connectivity index (χ0) is 18.4. The molecule has 0 saturated carbocycles. The molecule has 2 aromatic carbocycles. The number of hydrogen-bond donors (Lipinski definition) is 0. The molecule has 0 radical (unpaired) electrons. The van der Waals surface area contributed by atoms with Crippen LogP contribution in [0.5, 0.6) is 5.75 Å². The number of nitrogens with zero attached hydrogens (tertiary/aromatic N) is 2. The molecule has 0 unspecified atom stereocenters. The van der Waals surface area contributed by atoms with Crippen LogP contribution < -0.4 is 4.74 Å². The van der Waals surface area contributed by atoms with Crippen molar-refractivity contribution in [3.05, 3.63) is 77.6 Å². The van der Waals surface area contributed by atoms with E-state index >= 15 is 0 Å². The van der Waals surface area contributed by atoms with Gasteiger partial charge >= 0.3 is 0 Å². The first-order valence-corrected chi connectivity index (χ1v) is 9.16. The van der Waals surface area contributed by atoms with E-state index in [0.29, 0.717) is 0 Å². The Hall–Kier alpha value is -2.81. The highest BCUT2D eigenvalue weighted by Crippen LogP contribution is 2.19. The Bertz CT molecular complexity index is 858. The number of aryl methyl sites for hydroxylation is 2. The van der Waals surface area contributed by atoms with Crippen molar-refractivity contribution < 1.29 is 4.74 Å². The molecule has 134 valence electrons. The lowest BCUT2D eigenvalue weighted by atomic mass is 10.1. The maximum absolute atomic E-state index is 5.23. The van der Waals surface area contributed by atoms with Crippen LogP contribution in [0, 0.1) is 6.92 Å². The molecule has 3 aromatic rings. The van der Waals surface area contributed by atoms with Crippen LogP contribution in [0.2, 0.25) is 0 Å². The molecule has 3 nitrogen and oxygen atoms in total. The second-order valence-electron chi connectivity index (χ2n) is 6.51. The fraction of sp³-hybridized carbons (Fsp3) is 0.261. The highest BCUT2D eigenvalue weighted by atomic mass is 16.5. The minimum absolute atomic E-state index is 0.864. The molecule has 0 amide bonds. The van der Waals surface area contributed by atoms with Gasteiger partial charge in [-0.05, 0) is 67.8 Å². The van der Waals surface area contributed by atoms with Crippen molar-refractivity contribution in [3.63, 3.8) is 0 Å². The number of hydrogen-bond acceptors (Lipinski definition) is 2. The molecule has 1 aromatic heterocycles. The third-order valence-corrected chi connectivity index (χ3v) is 4.50. The van der Waals surface area contributed by atoms with Crippen LogP contribution in [-0.4, -0.2) is 17.9 Å². The van der Waals surface area contributed by atoms with Gasteiger partial charge in [0.25, 0.3) is 0 Å². The van der Waals surface area contributed by atoms with Crippen molar-refractivity contribution in [3.8, 4) is 11.4 Å². The summed E-state index contributed by atoms with van der Waals surface area (Å²) in [6, 6.07) is 18.7. The normalized spacial score (nSPS) is 11.2. The SMILES string of the molecule is CCCCc1ccc(N=Cc2cc(C)n(-c3ccc(OC)cc3)c2)cc1. The molecular weight excluding hydrogens is 320 g/mol. The highest BCUT2D eigenvalue weighted by Gasteiger charge is 2.03. The van der Waals surface area contributed by atoms with Gasteiger partial charge in [-0.1, -0.05) is 25.5 Å². The van der Waals surface area contributed by atoms with Crippen LogP contribution in [0.3, 0.4) is 0 Å². The van der Waals surface area contributed by atoms with Gasteiger partial charge in [0.2, 0.25) is 0 Å². The molecule has 0 aliphatic rings. The summed E-state index contributed by atoms with van der Waals surface area (Å²) in [6.45, 7) is 4.32. The van der Waals surface area contributed by atoms with Crippen molar-refractivity contribution in [1.29, 1.82) is 0 Å². The fourth-order valence-corrected chi connectivity index (χ4v) is 2.97. The molecule has 3 heteroatoms. The summed E-state index contributed by atoms with van der Waals surface area (Å²) in [4.78, 5) is 4.62. The average Bonchev–Trinajstić information content (AvgIpc) is 3.06. The van der Waals surface area contributed by atoms with E-state index in [0.717, 1.165) is 29.1 Å². The van der Waals surface area contributed by atoms with Crippen molar-refractivity contribution in [2.75, 3.05) is 7.11 Å². The number of unbranched alkanes of at least 4 members (excludes halogenated alkanes) is 1. The van der Waals surface area contributed by atoms with E-state index in [2.05, 4.69) is 72.1 Å². The first kappa shape index (κ1) is 18.0. The summed E-state index contributed by atoms with van der Waals surface area (Å²) in [6.07, 6.45) is 7.64. The minimum Gasteiger partial charge on any atom is -0.497 e. The van der Waals surface area contributed by atoms with Crippen molar-refractivity contribution in [2.24, 2.45) is 4.99 Å². The summed E-state index contributed by atoms with van der Waals surface area (Å²) in [7, 11) is 1.68. The number of rotatable bonds is 7. The predicted octanol–water partition coefficient (Wildman–Crippen LogP) is 5.89. The van der Waals surface area contributed by atoms with Gasteiger partial charge in [0.1, 0.15) is 5.75 Å². The van der Waals surface area contributed by atoms with Gasteiger partial charge in [0, 0.05) is 29.4 Å². The van der Waals surface area contributed by atoms with E-state index in [-0.39, 0.29) is 0 Å². The first-order chi connectivity index (χ1) is 12.7.